The van der Waals surface area contributed by atoms with Crippen LogP contribution in [-0.4, -0.2) is 29.7 Å². The molecule has 3 N–H and O–H groups in total. The molecule has 0 saturated carbocycles. The Balaban J connectivity index is 2.13. The number of thiophene rings is 1. The summed E-state index contributed by atoms with van der Waals surface area (Å²) in [6.45, 7) is 2.97. The van der Waals surface area contributed by atoms with Crippen LogP contribution in [-0.2, 0) is 13.0 Å². The fourth-order valence-electron chi connectivity index (χ4n) is 2.09. The van der Waals surface area contributed by atoms with Gasteiger partial charge in [-0.25, -0.2) is 0 Å². The lowest BCUT2D eigenvalue weighted by molar-refractivity contribution is 0.214. The standard InChI is InChI=1S/C11H15N3OS/c12-6-9-8-2-4-14(3-1-5-15)7-10(8)16-11(9)13/h15H,1-5,7,13H2. The summed E-state index contributed by atoms with van der Waals surface area (Å²) < 4.78 is 0. The van der Waals surface area contributed by atoms with E-state index in [0.717, 1.165) is 38.0 Å². The van der Waals surface area contributed by atoms with E-state index in [1.807, 2.05) is 0 Å². The minimum atomic E-state index is 0.235. The fourth-order valence-corrected chi connectivity index (χ4v) is 3.20. The molecular formula is C11H15N3OS. The third-order valence-electron chi connectivity index (χ3n) is 2.91. The van der Waals surface area contributed by atoms with Crippen LogP contribution in [0.3, 0.4) is 0 Å². The molecule has 0 saturated heterocycles. The minimum absolute atomic E-state index is 0.235. The molecule has 1 aromatic heterocycles. The normalized spacial score (nSPS) is 15.8. The van der Waals surface area contributed by atoms with E-state index in [2.05, 4.69) is 11.0 Å². The first kappa shape index (κ1) is 11.4. The lowest BCUT2D eigenvalue weighted by atomic mass is 10.0. The van der Waals surface area contributed by atoms with Gasteiger partial charge in [0.1, 0.15) is 11.1 Å². The van der Waals surface area contributed by atoms with Crippen molar-refractivity contribution in [3.05, 3.63) is 16.0 Å². The zero-order valence-corrected chi connectivity index (χ0v) is 9.89. The Hall–Kier alpha value is -1.09. The van der Waals surface area contributed by atoms with Gasteiger partial charge in [0.15, 0.2) is 0 Å². The zero-order valence-electron chi connectivity index (χ0n) is 9.07. The highest BCUT2D eigenvalue weighted by molar-refractivity contribution is 7.16. The van der Waals surface area contributed by atoms with Crippen LogP contribution in [0.2, 0.25) is 0 Å². The smallest absolute Gasteiger partial charge is 0.104 e. The molecule has 2 heterocycles. The molecule has 0 amide bonds. The minimum Gasteiger partial charge on any atom is -0.396 e. The van der Waals surface area contributed by atoms with Crippen molar-refractivity contribution < 1.29 is 5.11 Å². The molecular weight excluding hydrogens is 222 g/mol. The van der Waals surface area contributed by atoms with Crippen LogP contribution in [0.15, 0.2) is 0 Å². The molecule has 2 rings (SSSR count). The molecule has 0 fully saturated rings. The van der Waals surface area contributed by atoms with E-state index in [1.54, 1.807) is 0 Å². The van der Waals surface area contributed by atoms with Crippen molar-refractivity contribution in [3.8, 4) is 6.07 Å². The average molecular weight is 237 g/mol. The highest BCUT2D eigenvalue weighted by Crippen LogP contribution is 2.34. The van der Waals surface area contributed by atoms with Crippen LogP contribution in [0.4, 0.5) is 5.00 Å². The number of aliphatic hydroxyl groups is 1. The van der Waals surface area contributed by atoms with E-state index >= 15 is 0 Å². The zero-order chi connectivity index (χ0) is 11.5. The first-order valence-electron chi connectivity index (χ1n) is 5.39. The van der Waals surface area contributed by atoms with Gasteiger partial charge in [-0.2, -0.15) is 5.26 Å². The molecule has 0 bridgehead atoms. The lowest BCUT2D eigenvalue weighted by Gasteiger charge is -2.26. The van der Waals surface area contributed by atoms with Gasteiger partial charge < -0.3 is 10.8 Å². The van der Waals surface area contributed by atoms with Gasteiger partial charge in [0.2, 0.25) is 0 Å². The first-order valence-corrected chi connectivity index (χ1v) is 6.21. The number of hydrogen-bond donors (Lipinski definition) is 2. The van der Waals surface area contributed by atoms with Gasteiger partial charge in [-0.1, -0.05) is 0 Å². The third kappa shape index (κ3) is 2.05. The Morgan fingerprint density at radius 3 is 3.06 bits per heavy atom. The number of fused-ring (bicyclic) bond motifs is 1. The van der Waals surface area contributed by atoms with E-state index in [-0.39, 0.29) is 6.61 Å². The predicted molar refractivity (Wildman–Crippen MR) is 64.1 cm³/mol. The van der Waals surface area contributed by atoms with Crippen molar-refractivity contribution in [2.24, 2.45) is 0 Å². The second-order valence-corrected chi connectivity index (χ2v) is 5.09. The Morgan fingerprint density at radius 1 is 1.56 bits per heavy atom. The lowest BCUT2D eigenvalue weighted by Crippen LogP contribution is -2.31. The van der Waals surface area contributed by atoms with Crippen molar-refractivity contribution in [1.82, 2.24) is 4.90 Å². The van der Waals surface area contributed by atoms with Crippen LogP contribution < -0.4 is 5.73 Å². The molecule has 0 spiro atoms. The summed E-state index contributed by atoms with van der Waals surface area (Å²) in [5.41, 5.74) is 7.64. The quantitative estimate of drug-likeness (QED) is 0.820. The molecule has 5 heteroatoms. The van der Waals surface area contributed by atoms with Crippen molar-refractivity contribution in [2.75, 3.05) is 25.4 Å². The maximum Gasteiger partial charge on any atom is 0.104 e. The second-order valence-electron chi connectivity index (χ2n) is 3.96. The van der Waals surface area contributed by atoms with Crippen molar-refractivity contribution >= 4 is 16.3 Å². The Labute approximate surface area is 98.9 Å². The maximum absolute atomic E-state index is 9.00. The molecule has 16 heavy (non-hydrogen) atoms. The van der Waals surface area contributed by atoms with Crippen LogP contribution >= 0.6 is 11.3 Å². The summed E-state index contributed by atoms with van der Waals surface area (Å²) in [7, 11) is 0. The van der Waals surface area contributed by atoms with E-state index in [0.29, 0.717) is 10.6 Å². The molecule has 0 unspecified atom stereocenters. The summed E-state index contributed by atoms with van der Waals surface area (Å²) in [4.78, 5) is 3.52. The highest BCUT2D eigenvalue weighted by Gasteiger charge is 2.22. The number of nitrogens with zero attached hydrogens (tertiary/aromatic N) is 2. The molecule has 0 aromatic carbocycles. The van der Waals surface area contributed by atoms with Gasteiger partial charge in [0, 0.05) is 31.1 Å². The van der Waals surface area contributed by atoms with Crippen LogP contribution in [0, 0.1) is 11.3 Å². The van der Waals surface area contributed by atoms with Gasteiger partial charge in [-0.3, -0.25) is 4.90 Å². The largest absolute Gasteiger partial charge is 0.396 e. The Morgan fingerprint density at radius 2 is 2.38 bits per heavy atom. The second kappa shape index (κ2) is 4.83. The van der Waals surface area contributed by atoms with E-state index in [1.165, 1.54) is 16.2 Å². The van der Waals surface area contributed by atoms with Crippen molar-refractivity contribution in [1.29, 1.82) is 5.26 Å². The molecule has 86 valence electrons. The molecule has 1 aliphatic rings. The number of rotatable bonds is 3. The van der Waals surface area contributed by atoms with Crippen molar-refractivity contribution in [2.45, 2.75) is 19.4 Å². The molecule has 4 nitrogen and oxygen atoms in total. The number of anilines is 1. The number of hydrogen-bond acceptors (Lipinski definition) is 5. The van der Waals surface area contributed by atoms with E-state index in [9.17, 15) is 0 Å². The number of aliphatic hydroxyl groups excluding tert-OH is 1. The number of nitrogen functional groups attached to an aromatic ring is 1. The van der Waals surface area contributed by atoms with Gasteiger partial charge in [0.05, 0.1) is 5.56 Å². The molecule has 1 aliphatic heterocycles. The van der Waals surface area contributed by atoms with Gasteiger partial charge in [-0.05, 0) is 18.4 Å². The summed E-state index contributed by atoms with van der Waals surface area (Å²) in [5.74, 6) is 0. The van der Waals surface area contributed by atoms with Gasteiger partial charge >= 0.3 is 0 Å². The highest BCUT2D eigenvalue weighted by atomic mass is 32.1. The van der Waals surface area contributed by atoms with Crippen LogP contribution in [0.25, 0.3) is 0 Å². The average Bonchev–Trinajstić information content (AvgIpc) is 2.60. The first-order chi connectivity index (χ1) is 7.76. The topological polar surface area (TPSA) is 73.3 Å². The maximum atomic E-state index is 9.00. The fraction of sp³-hybridized carbons (Fsp3) is 0.545. The Kier molecular flexibility index (Phi) is 3.44. The predicted octanol–water partition coefficient (Wildman–Crippen LogP) is 0.942. The van der Waals surface area contributed by atoms with E-state index in [4.69, 9.17) is 16.1 Å². The molecule has 0 atom stereocenters. The summed E-state index contributed by atoms with van der Waals surface area (Å²) in [5, 5.41) is 18.4. The molecule has 0 radical (unpaired) electrons. The SMILES string of the molecule is N#Cc1c(N)sc2c1CCN(CCCO)C2. The summed E-state index contributed by atoms with van der Waals surface area (Å²) in [6, 6.07) is 2.19. The van der Waals surface area contributed by atoms with Crippen LogP contribution in [0.5, 0.6) is 0 Å². The van der Waals surface area contributed by atoms with Crippen LogP contribution in [0.1, 0.15) is 22.4 Å². The third-order valence-corrected chi connectivity index (χ3v) is 3.95. The number of nitrogens with two attached hydrogens (primary N) is 1. The molecule has 1 aromatic rings. The summed E-state index contributed by atoms with van der Waals surface area (Å²) >= 11 is 1.53. The Bertz CT molecular complexity index is 422. The van der Waals surface area contributed by atoms with Gasteiger partial charge in [-0.15, -0.1) is 11.3 Å². The summed E-state index contributed by atoms with van der Waals surface area (Å²) in [6.07, 6.45) is 1.71. The van der Waals surface area contributed by atoms with Gasteiger partial charge in [0.25, 0.3) is 0 Å². The molecule has 0 aliphatic carbocycles. The number of nitriles is 1. The monoisotopic (exact) mass is 237 g/mol. The van der Waals surface area contributed by atoms with E-state index < -0.39 is 0 Å². The van der Waals surface area contributed by atoms with Crippen molar-refractivity contribution in [3.63, 3.8) is 0 Å².